The van der Waals surface area contributed by atoms with Gasteiger partial charge in [0.2, 0.25) is 0 Å². The van der Waals surface area contributed by atoms with Crippen LogP contribution in [0.4, 0.5) is 0 Å². The molecule has 4 saturated carbocycles. The molecule has 4 bridgehead atoms. The van der Waals surface area contributed by atoms with Gasteiger partial charge < -0.3 is 9.47 Å². The average Bonchev–Trinajstić information content (AvgIpc) is 3.33. The normalized spacial score (nSPS) is 48.4. The highest BCUT2D eigenvalue weighted by molar-refractivity contribution is 5.80. The summed E-state index contributed by atoms with van der Waals surface area (Å²) in [6.07, 6.45) is 18.3. The number of fused-ring (bicyclic) bond motifs is 9. The van der Waals surface area contributed by atoms with Crippen molar-refractivity contribution in [2.75, 3.05) is 7.11 Å². The van der Waals surface area contributed by atoms with Crippen LogP contribution < -0.4 is 0 Å². The zero-order chi connectivity index (χ0) is 17.0. The summed E-state index contributed by atoms with van der Waals surface area (Å²) in [5.41, 5.74) is -0.209. The fraction of sp³-hybridized carbons (Fsp3) is 0.864. The molecule has 0 aromatic rings. The summed E-state index contributed by atoms with van der Waals surface area (Å²) in [5.74, 6) is 2.62. The predicted molar refractivity (Wildman–Crippen MR) is 95.9 cm³/mol. The van der Waals surface area contributed by atoms with E-state index < -0.39 is 0 Å². The molecule has 5 aliphatic rings. The van der Waals surface area contributed by atoms with Gasteiger partial charge in [-0.25, -0.2) is 0 Å². The van der Waals surface area contributed by atoms with E-state index in [0.717, 1.165) is 6.42 Å². The first kappa shape index (κ1) is 16.4. The molecule has 7 atom stereocenters. The third kappa shape index (κ3) is 2.23. The van der Waals surface area contributed by atoms with Crippen molar-refractivity contribution < 1.29 is 14.3 Å². The monoisotopic (exact) mass is 344 g/mol. The van der Waals surface area contributed by atoms with E-state index in [1.165, 1.54) is 57.8 Å². The van der Waals surface area contributed by atoms with Gasteiger partial charge in [0.1, 0.15) is 0 Å². The van der Waals surface area contributed by atoms with Crippen molar-refractivity contribution in [1.29, 1.82) is 0 Å². The lowest BCUT2D eigenvalue weighted by Gasteiger charge is -2.45. The van der Waals surface area contributed by atoms with Crippen LogP contribution in [0.1, 0.15) is 64.2 Å². The van der Waals surface area contributed by atoms with Gasteiger partial charge >= 0.3 is 5.97 Å². The Morgan fingerprint density at radius 1 is 1.00 bits per heavy atom. The lowest BCUT2D eigenvalue weighted by molar-refractivity contribution is -0.167. The van der Waals surface area contributed by atoms with Crippen LogP contribution in [0.25, 0.3) is 0 Å². The molecule has 0 aliphatic heterocycles. The van der Waals surface area contributed by atoms with E-state index in [0.29, 0.717) is 41.8 Å². The summed E-state index contributed by atoms with van der Waals surface area (Å²) >= 11 is 0. The number of hydrogen-bond acceptors (Lipinski definition) is 3. The van der Waals surface area contributed by atoms with Gasteiger partial charge in [0.15, 0.2) is 0 Å². The number of carbonyl (C=O) groups is 1. The fourth-order valence-corrected chi connectivity index (χ4v) is 7.58. The minimum atomic E-state index is -0.209. The van der Waals surface area contributed by atoms with Crippen LogP contribution >= 0.6 is 0 Å². The Kier molecular flexibility index (Phi) is 4.00. The van der Waals surface area contributed by atoms with E-state index in [9.17, 15) is 4.79 Å². The molecule has 138 valence electrons. The fourth-order valence-electron chi connectivity index (χ4n) is 7.58. The van der Waals surface area contributed by atoms with Gasteiger partial charge in [-0.15, -0.1) is 0 Å². The lowest BCUT2D eigenvalue weighted by Crippen LogP contribution is -2.50. The summed E-state index contributed by atoms with van der Waals surface area (Å²) < 4.78 is 12.1. The number of methoxy groups -OCH3 is 1. The topological polar surface area (TPSA) is 35.5 Å². The molecule has 5 rings (SSSR count). The van der Waals surface area contributed by atoms with E-state index in [-0.39, 0.29) is 11.4 Å². The number of esters is 1. The molecule has 0 aromatic heterocycles. The first-order valence-electron chi connectivity index (χ1n) is 10.7. The maximum absolute atomic E-state index is 12.9. The highest BCUT2D eigenvalue weighted by atomic mass is 16.5. The summed E-state index contributed by atoms with van der Waals surface area (Å²) in [5, 5.41) is 0. The first-order chi connectivity index (χ1) is 12.2. The molecule has 3 nitrogen and oxygen atoms in total. The molecule has 0 saturated heterocycles. The van der Waals surface area contributed by atoms with E-state index >= 15 is 0 Å². The van der Waals surface area contributed by atoms with Gasteiger partial charge in [-0.3, -0.25) is 4.79 Å². The van der Waals surface area contributed by atoms with Crippen molar-refractivity contribution in [2.45, 2.75) is 76.4 Å². The van der Waals surface area contributed by atoms with Gasteiger partial charge in [-0.05, 0) is 61.7 Å². The number of ether oxygens (including phenoxy) is 2. The smallest absolute Gasteiger partial charge is 0.312 e. The zero-order valence-corrected chi connectivity index (χ0v) is 15.5. The van der Waals surface area contributed by atoms with Crippen molar-refractivity contribution in [1.82, 2.24) is 0 Å². The molecular weight excluding hydrogens is 312 g/mol. The Bertz CT molecular complexity index is 562. The average molecular weight is 344 g/mol. The summed E-state index contributed by atoms with van der Waals surface area (Å²) in [4.78, 5) is 12.9. The highest BCUT2D eigenvalue weighted by Crippen LogP contribution is 2.73. The zero-order valence-electron chi connectivity index (χ0n) is 15.5. The van der Waals surface area contributed by atoms with Crippen molar-refractivity contribution in [3.8, 4) is 0 Å². The maximum atomic E-state index is 12.9. The molecule has 4 fully saturated rings. The molecule has 0 amide bonds. The predicted octanol–water partition coefficient (Wildman–Crippen LogP) is 4.51. The first-order valence-corrected chi connectivity index (χ1v) is 10.7. The Morgan fingerprint density at radius 2 is 1.76 bits per heavy atom. The highest BCUT2D eigenvalue weighted by Gasteiger charge is 2.74. The van der Waals surface area contributed by atoms with E-state index in [1.54, 1.807) is 7.11 Å². The quantitative estimate of drug-likeness (QED) is 0.429. The van der Waals surface area contributed by atoms with Gasteiger partial charge in [0.05, 0.1) is 24.7 Å². The van der Waals surface area contributed by atoms with Crippen molar-refractivity contribution in [3.05, 3.63) is 12.2 Å². The standard InChI is InChI=1S/C22H32O3/c1-24-21(23)22-15-10-9-14(11-15)20(22)18-12-16(22)13-19(18)25-17-7-5-3-2-4-6-8-17/h9-10,14-20H,2-8,11-13H2,1H3. The Hall–Kier alpha value is -0.830. The van der Waals surface area contributed by atoms with Crippen LogP contribution in [0.15, 0.2) is 12.2 Å². The van der Waals surface area contributed by atoms with Crippen LogP contribution in [0, 0.1) is 35.0 Å². The molecule has 0 heterocycles. The van der Waals surface area contributed by atoms with Crippen LogP contribution in [-0.4, -0.2) is 25.3 Å². The van der Waals surface area contributed by atoms with Gasteiger partial charge in [-0.2, -0.15) is 0 Å². The van der Waals surface area contributed by atoms with Crippen LogP contribution in [0.3, 0.4) is 0 Å². The van der Waals surface area contributed by atoms with Crippen molar-refractivity contribution in [3.63, 3.8) is 0 Å². The van der Waals surface area contributed by atoms with Gasteiger partial charge in [0.25, 0.3) is 0 Å². The minimum absolute atomic E-state index is 0.0752. The third-order valence-corrected chi connectivity index (χ3v) is 8.39. The molecular formula is C22H32O3. The van der Waals surface area contributed by atoms with E-state index in [4.69, 9.17) is 9.47 Å². The summed E-state index contributed by atoms with van der Waals surface area (Å²) in [6.45, 7) is 0. The SMILES string of the molecule is COC(=O)C12C3C=CC(C3)C1C1CC2CC1OC1CCCCCCC1. The molecule has 3 heteroatoms. The second-order valence-electron chi connectivity index (χ2n) is 9.32. The number of carbonyl (C=O) groups excluding carboxylic acids is 1. The third-order valence-electron chi connectivity index (χ3n) is 8.39. The summed E-state index contributed by atoms with van der Waals surface area (Å²) in [7, 11) is 1.58. The summed E-state index contributed by atoms with van der Waals surface area (Å²) in [6, 6.07) is 0. The van der Waals surface area contributed by atoms with Crippen LogP contribution in [-0.2, 0) is 14.3 Å². The second kappa shape index (κ2) is 6.11. The molecule has 7 unspecified atom stereocenters. The minimum Gasteiger partial charge on any atom is -0.469 e. The van der Waals surface area contributed by atoms with Crippen LogP contribution in [0.2, 0.25) is 0 Å². The molecule has 5 aliphatic carbocycles. The number of rotatable bonds is 3. The molecule has 0 N–H and O–H groups in total. The molecule has 0 radical (unpaired) electrons. The Morgan fingerprint density at radius 3 is 2.52 bits per heavy atom. The second-order valence-corrected chi connectivity index (χ2v) is 9.32. The number of allylic oxidation sites excluding steroid dienone is 2. The van der Waals surface area contributed by atoms with Crippen molar-refractivity contribution >= 4 is 5.97 Å². The van der Waals surface area contributed by atoms with Gasteiger partial charge in [0, 0.05) is 0 Å². The van der Waals surface area contributed by atoms with Crippen LogP contribution in [0.5, 0.6) is 0 Å². The Labute approximate surface area is 151 Å². The maximum Gasteiger partial charge on any atom is 0.312 e. The molecule has 25 heavy (non-hydrogen) atoms. The number of hydrogen-bond donors (Lipinski definition) is 0. The largest absolute Gasteiger partial charge is 0.469 e. The van der Waals surface area contributed by atoms with Crippen molar-refractivity contribution in [2.24, 2.45) is 35.0 Å². The molecule has 0 aromatic carbocycles. The van der Waals surface area contributed by atoms with Gasteiger partial charge in [-0.1, -0.05) is 44.3 Å². The lowest BCUT2D eigenvalue weighted by atomic mass is 9.60. The van der Waals surface area contributed by atoms with E-state index in [1.807, 2.05) is 0 Å². The Balaban J connectivity index is 1.35. The van der Waals surface area contributed by atoms with E-state index in [2.05, 4.69) is 12.2 Å². The molecule has 0 spiro atoms.